The lowest BCUT2D eigenvalue weighted by Crippen LogP contribution is -2.38. The molecular formula is C22H27ClN4O2. The summed E-state index contributed by atoms with van der Waals surface area (Å²) in [5.74, 6) is 0.972. The van der Waals surface area contributed by atoms with Crippen LogP contribution in [0.25, 0.3) is 16.9 Å². The molecule has 1 N–H and O–H groups in total. The number of rotatable bonds is 8. The molecular weight excluding hydrogens is 388 g/mol. The molecule has 0 amide bonds. The van der Waals surface area contributed by atoms with Gasteiger partial charge in [0, 0.05) is 55.5 Å². The molecule has 0 saturated heterocycles. The van der Waals surface area contributed by atoms with Gasteiger partial charge >= 0.3 is 0 Å². The summed E-state index contributed by atoms with van der Waals surface area (Å²) in [6, 6.07) is 9.10. The molecule has 29 heavy (non-hydrogen) atoms. The first kappa shape index (κ1) is 21.3. The third-order valence-corrected chi connectivity index (χ3v) is 5.16. The van der Waals surface area contributed by atoms with Gasteiger partial charge in [-0.15, -0.1) is 0 Å². The lowest BCUT2D eigenvalue weighted by Gasteiger charge is -2.30. The average molecular weight is 415 g/mol. The van der Waals surface area contributed by atoms with Crippen molar-refractivity contribution in [1.29, 1.82) is 0 Å². The van der Waals surface area contributed by atoms with Crippen molar-refractivity contribution in [3.05, 3.63) is 59.8 Å². The van der Waals surface area contributed by atoms with Crippen molar-refractivity contribution >= 4 is 11.6 Å². The summed E-state index contributed by atoms with van der Waals surface area (Å²) in [5, 5.41) is 10.3. The van der Waals surface area contributed by atoms with Gasteiger partial charge in [-0.2, -0.15) is 0 Å². The highest BCUT2D eigenvalue weighted by Gasteiger charge is 2.29. The number of nitrogens with zero attached hydrogens (tertiary/aromatic N) is 4. The fraction of sp³-hybridized carbons (Fsp3) is 0.364. The Morgan fingerprint density at radius 2 is 1.93 bits per heavy atom. The summed E-state index contributed by atoms with van der Waals surface area (Å²) in [4.78, 5) is 11.3. The van der Waals surface area contributed by atoms with E-state index >= 15 is 0 Å². The maximum Gasteiger partial charge on any atom is 0.134 e. The van der Waals surface area contributed by atoms with Gasteiger partial charge in [0.2, 0.25) is 0 Å². The number of aromatic nitrogens is 3. The van der Waals surface area contributed by atoms with Gasteiger partial charge in [-0.25, -0.2) is 4.98 Å². The summed E-state index contributed by atoms with van der Waals surface area (Å²) in [7, 11) is 3.79. The quantitative estimate of drug-likeness (QED) is 0.600. The Bertz CT molecular complexity index is 957. The number of benzene rings is 1. The Kier molecular flexibility index (Phi) is 6.57. The van der Waals surface area contributed by atoms with Crippen molar-refractivity contribution in [2.24, 2.45) is 0 Å². The predicted molar refractivity (Wildman–Crippen MR) is 116 cm³/mol. The lowest BCUT2D eigenvalue weighted by atomic mass is 9.91. The molecule has 0 spiro atoms. The summed E-state index contributed by atoms with van der Waals surface area (Å²) >= 11 is 5.97. The van der Waals surface area contributed by atoms with Crippen molar-refractivity contribution in [3.63, 3.8) is 0 Å². The van der Waals surface area contributed by atoms with Crippen LogP contribution in [-0.4, -0.2) is 58.4 Å². The van der Waals surface area contributed by atoms with Gasteiger partial charge in [-0.1, -0.05) is 31.5 Å². The van der Waals surface area contributed by atoms with Gasteiger partial charge in [0.15, 0.2) is 0 Å². The molecule has 0 bridgehead atoms. The fourth-order valence-electron chi connectivity index (χ4n) is 3.44. The molecule has 0 fully saturated rings. The number of phenols is 1. The number of aromatic hydroxyl groups is 1. The van der Waals surface area contributed by atoms with Crippen LogP contribution in [0.3, 0.4) is 0 Å². The second kappa shape index (κ2) is 8.95. The number of methoxy groups -OCH3 is 1. The van der Waals surface area contributed by atoms with Crippen LogP contribution in [0.2, 0.25) is 5.02 Å². The molecule has 2 heterocycles. The predicted octanol–water partition coefficient (Wildman–Crippen LogP) is 4.15. The van der Waals surface area contributed by atoms with Crippen LogP contribution >= 0.6 is 11.6 Å². The zero-order valence-corrected chi connectivity index (χ0v) is 18.0. The zero-order chi connectivity index (χ0) is 21.0. The average Bonchev–Trinajstić information content (AvgIpc) is 3.15. The van der Waals surface area contributed by atoms with Gasteiger partial charge in [0.05, 0.1) is 17.3 Å². The van der Waals surface area contributed by atoms with Crippen LogP contribution in [0.15, 0.2) is 48.9 Å². The van der Waals surface area contributed by atoms with E-state index < -0.39 is 0 Å². The SMILES string of the molecule is COCCN(C)CC(C)(C)c1nc(-c2ccc(Cl)c(O)c2)cn1-c1ccncc1. The van der Waals surface area contributed by atoms with E-state index in [1.165, 1.54) is 0 Å². The molecule has 1 aromatic carbocycles. The number of imidazole rings is 1. The number of likely N-dealkylation sites (N-methyl/N-ethyl adjacent to an activating group) is 1. The number of hydrogen-bond acceptors (Lipinski definition) is 5. The summed E-state index contributed by atoms with van der Waals surface area (Å²) in [5.41, 5.74) is 2.33. The molecule has 0 unspecified atom stereocenters. The van der Waals surface area contributed by atoms with E-state index in [-0.39, 0.29) is 11.2 Å². The van der Waals surface area contributed by atoms with Crippen LogP contribution in [-0.2, 0) is 10.2 Å². The minimum Gasteiger partial charge on any atom is -0.506 e. The first-order valence-electron chi connectivity index (χ1n) is 9.48. The molecule has 0 aliphatic rings. The molecule has 0 aliphatic heterocycles. The number of pyridine rings is 1. The van der Waals surface area contributed by atoms with E-state index in [0.29, 0.717) is 11.6 Å². The molecule has 0 atom stereocenters. The first-order chi connectivity index (χ1) is 13.8. The molecule has 154 valence electrons. The van der Waals surface area contributed by atoms with E-state index in [2.05, 4.69) is 35.3 Å². The van der Waals surface area contributed by atoms with Crippen LogP contribution in [0.5, 0.6) is 5.75 Å². The molecule has 0 radical (unpaired) electrons. The highest BCUT2D eigenvalue weighted by Crippen LogP contribution is 2.33. The minimum absolute atomic E-state index is 0.0442. The smallest absolute Gasteiger partial charge is 0.134 e. The topological polar surface area (TPSA) is 63.4 Å². The Labute approximate surface area is 176 Å². The monoisotopic (exact) mass is 414 g/mol. The van der Waals surface area contributed by atoms with E-state index in [1.807, 2.05) is 24.4 Å². The Hall–Kier alpha value is -2.41. The van der Waals surface area contributed by atoms with Crippen molar-refractivity contribution in [1.82, 2.24) is 19.4 Å². The molecule has 2 aromatic heterocycles. The second-order valence-electron chi connectivity index (χ2n) is 7.81. The number of phenolic OH excluding ortho intramolecular Hbond substituents is 1. The maximum atomic E-state index is 10.0. The number of ether oxygens (including phenoxy) is 1. The molecule has 3 rings (SSSR count). The zero-order valence-electron chi connectivity index (χ0n) is 17.3. The van der Waals surface area contributed by atoms with Crippen LogP contribution in [0.1, 0.15) is 19.7 Å². The standard InChI is InChI=1S/C22H27ClN4O2/c1-22(2,15-26(3)11-12-29-4)21-25-19(16-5-6-18(23)20(28)13-16)14-27(21)17-7-9-24-10-8-17/h5-10,13-14,28H,11-12,15H2,1-4H3. The number of halogens is 1. The van der Waals surface area contributed by atoms with Crippen molar-refractivity contribution in [3.8, 4) is 22.7 Å². The molecule has 0 saturated carbocycles. The van der Waals surface area contributed by atoms with Crippen molar-refractivity contribution in [2.45, 2.75) is 19.3 Å². The second-order valence-corrected chi connectivity index (χ2v) is 8.21. The highest BCUT2D eigenvalue weighted by molar-refractivity contribution is 6.32. The fourth-order valence-corrected chi connectivity index (χ4v) is 3.56. The maximum absolute atomic E-state index is 10.0. The van der Waals surface area contributed by atoms with E-state index in [1.54, 1.807) is 31.6 Å². The molecule has 7 heteroatoms. The first-order valence-corrected chi connectivity index (χ1v) is 9.86. The van der Waals surface area contributed by atoms with Gasteiger partial charge in [0.25, 0.3) is 0 Å². The molecule has 6 nitrogen and oxygen atoms in total. The van der Waals surface area contributed by atoms with E-state index in [0.717, 1.165) is 35.9 Å². The van der Waals surface area contributed by atoms with Crippen molar-refractivity contribution < 1.29 is 9.84 Å². The Morgan fingerprint density at radius 3 is 2.59 bits per heavy atom. The van der Waals surface area contributed by atoms with E-state index in [9.17, 15) is 5.11 Å². The normalized spacial score (nSPS) is 11.9. The molecule has 3 aromatic rings. The minimum atomic E-state index is -0.238. The van der Waals surface area contributed by atoms with Gasteiger partial charge in [-0.05, 0) is 31.3 Å². The third kappa shape index (κ3) is 4.96. The van der Waals surface area contributed by atoms with E-state index in [4.69, 9.17) is 21.3 Å². The Balaban J connectivity index is 2.04. The summed E-state index contributed by atoms with van der Waals surface area (Å²) in [6.45, 7) is 6.69. The van der Waals surface area contributed by atoms with Crippen molar-refractivity contribution in [2.75, 3.05) is 33.9 Å². The number of hydrogen-bond donors (Lipinski definition) is 1. The lowest BCUT2D eigenvalue weighted by molar-refractivity contribution is 0.149. The third-order valence-electron chi connectivity index (χ3n) is 4.84. The summed E-state index contributed by atoms with van der Waals surface area (Å²) < 4.78 is 7.29. The highest BCUT2D eigenvalue weighted by atomic mass is 35.5. The largest absolute Gasteiger partial charge is 0.506 e. The molecule has 0 aliphatic carbocycles. The van der Waals surface area contributed by atoms with Crippen LogP contribution in [0.4, 0.5) is 0 Å². The van der Waals surface area contributed by atoms with Gasteiger partial charge < -0.3 is 19.3 Å². The summed E-state index contributed by atoms with van der Waals surface area (Å²) in [6.07, 6.45) is 5.53. The Morgan fingerprint density at radius 1 is 1.21 bits per heavy atom. The van der Waals surface area contributed by atoms with Gasteiger partial charge in [-0.3, -0.25) is 4.98 Å². The van der Waals surface area contributed by atoms with Crippen LogP contribution < -0.4 is 0 Å². The van der Waals surface area contributed by atoms with Crippen LogP contribution in [0, 0.1) is 0 Å². The van der Waals surface area contributed by atoms with Gasteiger partial charge in [0.1, 0.15) is 11.6 Å².